The molecule has 17 heavy (non-hydrogen) atoms. The third kappa shape index (κ3) is 4.83. The van der Waals surface area contributed by atoms with E-state index in [0.717, 1.165) is 24.8 Å². The smallest absolute Gasteiger partial charge is 0.217 e. The molecule has 1 rings (SSSR count). The van der Waals surface area contributed by atoms with Crippen molar-refractivity contribution < 1.29 is 9.18 Å². The second-order valence-electron chi connectivity index (χ2n) is 3.99. The molecular weight excluding hydrogens is 287 g/mol. The molecule has 0 saturated heterocycles. The Morgan fingerprint density at radius 1 is 1.41 bits per heavy atom. The van der Waals surface area contributed by atoms with Crippen LogP contribution in [0.3, 0.4) is 0 Å². The normalized spacial score (nSPS) is 12.4. The second kappa shape index (κ2) is 6.71. The molecule has 94 valence electrons. The van der Waals surface area contributed by atoms with Crippen LogP contribution in [0.2, 0.25) is 0 Å². The molecule has 0 aliphatic carbocycles. The number of primary amides is 1. The lowest BCUT2D eigenvalue weighted by Crippen LogP contribution is -2.12. The van der Waals surface area contributed by atoms with Gasteiger partial charge < -0.3 is 11.5 Å². The van der Waals surface area contributed by atoms with Crippen LogP contribution in [0.25, 0.3) is 0 Å². The maximum Gasteiger partial charge on any atom is 0.217 e. The Balaban J connectivity index is 2.44. The summed E-state index contributed by atoms with van der Waals surface area (Å²) >= 11 is 3.12. The van der Waals surface area contributed by atoms with Gasteiger partial charge in [-0.05, 0) is 46.5 Å². The van der Waals surface area contributed by atoms with Gasteiger partial charge in [-0.3, -0.25) is 4.79 Å². The summed E-state index contributed by atoms with van der Waals surface area (Å²) in [6.07, 6.45) is 2.72. The first kappa shape index (κ1) is 14.1. The third-order valence-corrected chi connectivity index (χ3v) is 3.17. The lowest BCUT2D eigenvalue weighted by molar-refractivity contribution is -0.118. The fraction of sp³-hybridized carbons (Fsp3) is 0.417. The number of carbonyl (C=O) groups excluding carboxylic acids is 1. The molecule has 1 amide bonds. The average Bonchev–Trinajstić information content (AvgIpc) is 2.27. The van der Waals surface area contributed by atoms with Crippen LogP contribution < -0.4 is 11.5 Å². The van der Waals surface area contributed by atoms with Crippen molar-refractivity contribution >= 4 is 21.8 Å². The highest BCUT2D eigenvalue weighted by Crippen LogP contribution is 2.23. The van der Waals surface area contributed by atoms with E-state index in [1.165, 1.54) is 6.07 Å². The minimum Gasteiger partial charge on any atom is -0.370 e. The Kier molecular flexibility index (Phi) is 5.58. The average molecular weight is 303 g/mol. The molecule has 0 spiro atoms. The minimum absolute atomic E-state index is 0.139. The zero-order valence-electron chi connectivity index (χ0n) is 9.46. The molecule has 0 aromatic heterocycles. The number of unbranched alkanes of at least 4 members (excludes halogenated alkanes) is 1. The van der Waals surface area contributed by atoms with Crippen LogP contribution in [0, 0.1) is 5.82 Å². The predicted octanol–water partition coefficient (Wildman–Crippen LogP) is 2.63. The standard InChI is InChI=1S/C12H16BrFN2O/c13-9-7-8(5-6-10(9)14)11(15)3-1-2-4-12(16)17/h5-7,11H,1-4,15H2,(H2,16,17). The van der Waals surface area contributed by atoms with Crippen molar-refractivity contribution in [2.75, 3.05) is 0 Å². The van der Waals surface area contributed by atoms with Crippen LogP contribution in [0.5, 0.6) is 0 Å². The van der Waals surface area contributed by atoms with Crippen LogP contribution in [-0.2, 0) is 4.79 Å². The van der Waals surface area contributed by atoms with Crippen molar-refractivity contribution in [1.29, 1.82) is 0 Å². The molecule has 0 fully saturated rings. The Bertz CT molecular complexity index is 398. The quantitative estimate of drug-likeness (QED) is 0.793. The van der Waals surface area contributed by atoms with Gasteiger partial charge in [0.2, 0.25) is 5.91 Å². The number of hydrogen-bond acceptors (Lipinski definition) is 2. The van der Waals surface area contributed by atoms with Crippen molar-refractivity contribution in [2.24, 2.45) is 11.5 Å². The van der Waals surface area contributed by atoms with Gasteiger partial charge in [0, 0.05) is 12.5 Å². The summed E-state index contributed by atoms with van der Waals surface area (Å²) in [5.41, 5.74) is 11.9. The molecule has 0 heterocycles. The summed E-state index contributed by atoms with van der Waals surface area (Å²) in [6, 6.07) is 4.62. The molecule has 4 N–H and O–H groups in total. The highest BCUT2D eigenvalue weighted by Gasteiger charge is 2.08. The monoisotopic (exact) mass is 302 g/mol. The molecule has 1 unspecified atom stereocenters. The number of rotatable bonds is 6. The summed E-state index contributed by atoms with van der Waals surface area (Å²) in [4.78, 5) is 10.5. The van der Waals surface area contributed by atoms with E-state index in [4.69, 9.17) is 11.5 Å². The van der Waals surface area contributed by atoms with Crippen LogP contribution in [0.15, 0.2) is 22.7 Å². The summed E-state index contributed by atoms with van der Waals surface area (Å²) in [5.74, 6) is -0.585. The van der Waals surface area contributed by atoms with Gasteiger partial charge in [-0.15, -0.1) is 0 Å². The fourth-order valence-electron chi connectivity index (χ4n) is 1.57. The Labute approximate surface area is 108 Å². The summed E-state index contributed by atoms with van der Waals surface area (Å²) in [6.45, 7) is 0. The predicted molar refractivity (Wildman–Crippen MR) is 68.7 cm³/mol. The van der Waals surface area contributed by atoms with E-state index in [1.54, 1.807) is 12.1 Å². The van der Waals surface area contributed by atoms with E-state index in [9.17, 15) is 9.18 Å². The van der Waals surface area contributed by atoms with E-state index in [-0.39, 0.29) is 17.8 Å². The van der Waals surface area contributed by atoms with Crippen molar-refractivity contribution in [2.45, 2.75) is 31.7 Å². The van der Waals surface area contributed by atoms with E-state index in [0.29, 0.717) is 10.9 Å². The van der Waals surface area contributed by atoms with Crippen molar-refractivity contribution in [1.82, 2.24) is 0 Å². The van der Waals surface area contributed by atoms with Gasteiger partial charge in [0.15, 0.2) is 0 Å². The Morgan fingerprint density at radius 3 is 2.71 bits per heavy atom. The first-order valence-corrected chi connectivity index (χ1v) is 6.29. The highest BCUT2D eigenvalue weighted by atomic mass is 79.9. The van der Waals surface area contributed by atoms with Crippen LogP contribution in [-0.4, -0.2) is 5.91 Å². The Hall–Kier alpha value is -0.940. The number of amides is 1. The molecule has 1 aromatic carbocycles. The minimum atomic E-state index is -0.297. The molecule has 0 bridgehead atoms. The number of nitrogens with two attached hydrogens (primary N) is 2. The lowest BCUT2D eigenvalue weighted by Gasteiger charge is -2.12. The molecule has 0 aliphatic rings. The van der Waals surface area contributed by atoms with E-state index >= 15 is 0 Å². The molecule has 1 aromatic rings. The molecular formula is C12H16BrFN2O. The molecule has 3 nitrogen and oxygen atoms in total. The second-order valence-corrected chi connectivity index (χ2v) is 4.85. The number of carbonyl (C=O) groups is 1. The van der Waals surface area contributed by atoms with Gasteiger partial charge in [-0.2, -0.15) is 0 Å². The zero-order valence-corrected chi connectivity index (χ0v) is 11.0. The van der Waals surface area contributed by atoms with Gasteiger partial charge in [-0.25, -0.2) is 4.39 Å². The van der Waals surface area contributed by atoms with E-state index in [1.807, 2.05) is 0 Å². The maximum absolute atomic E-state index is 13.0. The fourth-order valence-corrected chi connectivity index (χ4v) is 1.97. The molecule has 0 aliphatic heterocycles. The van der Waals surface area contributed by atoms with Gasteiger partial charge in [-0.1, -0.05) is 12.5 Å². The van der Waals surface area contributed by atoms with E-state index < -0.39 is 0 Å². The number of halogens is 2. The van der Waals surface area contributed by atoms with Crippen LogP contribution in [0.1, 0.15) is 37.3 Å². The largest absolute Gasteiger partial charge is 0.370 e. The molecule has 0 saturated carbocycles. The highest BCUT2D eigenvalue weighted by molar-refractivity contribution is 9.10. The summed E-state index contributed by atoms with van der Waals surface area (Å²) in [5, 5.41) is 0. The molecule has 5 heteroatoms. The topological polar surface area (TPSA) is 69.1 Å². The van der Waals surface area contributed by atoms with Crippen LogP contribution in [0.4, 0.5) is 4.39 Å². The van der Waals surface area contributed by atoms with Crippen LogP contribution >= 0.6 is 15.9 Å². The van der Waals surface area contributed by atoms with Gasteiger partial charge in [0.05, 0.1) is 4.47 Å². The first-order chi connectivity index (χ1) is 8.00. The third-order valence-electron chi connectivity index (χ3n) is 2.56. The summed E-state index contributed by atoms with van der Waals surface area (Å²) < 4.78 is 13.4. The van der Waals surface area contributed by atoms with Crippen molar-refractivity contribution in [3.63, 3.8) is 0 Å². The molecule has 1 atom stereocenters. The maximum atomic E-state index is 13.0. The molecule has 0 radical (unpaired) electrons. The number of hydrogen-bond donors (Lipinski definition) is 2. The summed E-state index contributed by atoms with van der Waals surface area (Å²) in [7, 11) is 0. The van der Waals surface area contributed by atoms with Crippen molar-refractivity contribution in [3.05, 3.63) is 34.1 Å². The first-order valence-electron chi connectivity index (χ1n) is 5.49. The number of benzene rings is 1. The van der Waals surface area contributed by atoms with Gasteiger partial charge in [0.1, 0.15) is 5.82 Å². The van der Waals surface area contributed by atoms with E-state index in [2.05, 4.69) is 15.9 Å². The van der Waals surface area contributed by atoms with Gasteiger partial charge in [0.25, 0.3) is 0 Å². The lowest BCUT2D eigenvalue weighted by atomic mass is 10.0. The Morgan fingerprint density at radius 2 is 2.12 bits per heavy atom. The van der Waals surface area contributed by atoms with Gasteiger partial charge >= 0.3 is 0 Å². The zero-order chi connectivity index (χ0) is 12.8. The van der Waals surface area contributed by atoms with Crippen molar-refractivity contribution in [3.8, 4) is 0 Å². The SMILES string of the molecule is NC(=O)CCCCC(N)c1ccc(F)c(Br)c1.